The number of hydrogen-bond donors (Lipinski definition) is 2. The summed E-state index contributed by atoms with van der Waals surface area (Å²) in [7, 11) is 3.73. The van der Waals surface area contributed by atoms with E-state index in [0.717, 1.165) is 70.8 Å². The van der Waals surface area contributed by atoms with Crippen molar-refractivity contribution in [3.05, 3.63) is 86.5 Å². The molecule has 7 rings (SSSR count). The molecule has 3 aromatic rings. The number of hydrogen-bond acceptors (Lipinski definition) is 8. The van der Waals surface area contributed by atoms with Crippen LogP contribution in [0.2, 0.25) is 5.02 Å². The number of likely N-dealkylation sites (N-methyl/N-ethyl adjacent to an activating group) is 1. The maximum Gasteiger partial charge on any atom is 0.287 e. The van der Waals surface area contributed by atoms with Crippen molar-refractivity contribution in [2.45, 2.75) is 69.4 Å². The van der Waals surface area contributed by atoms with E-state index in [4.69, 9.17) is 11.6 Å². The van der Waals surface area contributed by atoms with E-state index in [1.807, 2.05) is 6.07 Å². The SMILES string of the molecule is CN1C[C@H](Nc2cnn(C)c(=O)c2Cl)C[C@H](c2ccc(CN3CCC4(CC3)CCN(c3ccc(C5CCC(=O)NC5=O)c(F)c3)CC4)cc2)C1. The zero-order valence-corrected chi connectivity index (χ0v) is 29.7. The third-order valence-electron chi connectivity index (χ3n) is 11.6. The Balaban J connectivity index is 0.888. The van der Waals surface area contributed by atoms with Gasteiger partial charge >= 0.3 is 0 Å². The molecule has 266 valence electrons. The second-order valence-corrected chi connectivity index (χ2v) is 15.4. The van der Waals surface area contributed by atoms with Crippen molar-refractivity contribution in [2.24, 2.45) is 12.5 Å². The molecule has 4 fully saturated rings. The van der Waals surface area contributed by atoms with Crippen LogP contribution in [0, 0.1) is 11.2 Å². The Labute approximate surface area is 298 Å². The number of amides is 2. The highest BCUT2D eigenvalue weighted by molar-refractivity contribution is 6.32. The van der Waals surface area contributed by atoms with Crippen LogP contribution >= 0.6 is 11.6 Å². The number of rotatable bonds is 7. The van der Waals surface area contributed by atoms with Crippen LogP contribution in [0.3, 0.4) is 0 Å². The van der Waals surface area contributed by atoms with E-state index < -0.39 is 11.8 Å². The van der Waals surface area contributed by atoms with Crippen molar-refractivity contribution < 1.29 is 14.0 Å². The molecule has 0 radical (unpaired) electrons. The number of benzene rings is 2. The van der Waals surface area contributed by atoms with E-state index in [1.54, 1.807) is 25.4 Å². The van der Waals surface area contributed by atoms with Crippen LogP contribution in [0.4, 0.5) is 15.8 Å². The number of imide groups is 1. The second kappa shape index (κ2) is 14.4. The highest BCUT2D eigenvalue weighted by atomic mass is 35.5. The number of halogens is 2. The van der Waals surface area contributed by atoms with E-state index in [-0.39, 0.29) is 34.8 Å². The zero-order chi connectivity index (χ0) is 35.0. The molecule has 4 aliphatic rings. The number of aryl methyl sites for hydroxylation is 1. The normalized spacial score (nSPS) is 24.7. The van der Waals surface area contributed by atoms with Gasteiger partial charge in [0.05, 0.1) is 17.8 Å². The minimum atomic E-state index is -0.609. The molecule has 0 aliphatic carbocycles. The Morgan fingerprint density at radius 2 is 1.70 bits per heavy atom. The summed E-state index contributed by atoms with van der Waals surface area (Å²) in [6, 6.07) is 14.5. The van der Waals surface area contributed by atoms with Crippen LogP contribution in [0.5, 0.6) is 0 Å². The number of nitrogens with zero attached hydrogens (tertiary/aromatic N) is 5. The first-order chi connectivity index (χ1) is 24.1. The molecule has 2 aromatic carbocycles. The summed E-state index contributed by atoms with van der Waals surface area (Å²) in [5, 5.41) is 10.1. The van der Waals surface area contributed by atoms with Gasteiger partial charge in [-0.3, -0.25) is 24.6 Å². The lowest BCUT2D eigenvalue weighted by Crippen LogP contribution is -2.46. The third-order valence-corrected chi connectivity index (χ3v) is 12.0. The maximum atomic E-state index is 15.2. The molecule has 0 bridgehead atoms. The van der Waals surface area contributed by atoms with Gasteiger partial charge in [-0.1, -0.05) is 41.9 Å². The van der Waals surface area contributed by atoms with E-state index in [1.165, 1.54) is 28.7 Å². The van der Waals surface area contributed by atoms with Gasteiger partial charge in [0.2, 0.25) is 11.8 Å². The van der Waals surface area contributed by atoms with Crippen molar-refractivity contribution in [2.75, 3.05) is 56.5 Å². The van der Waals surface area contributed by atoms with Gasteiger partial charge < -0.3 is 15.1 Å². The lowest BCUT2D eigenvalue weighted by molar-refractivity contribution is -0.134. The van der Waals surface area contributed by atoms with Crippen molar-refractivity contribution in [3.63, 3.8) is 0 Å². The van der Waals surface area contributed by atoms with E-state index in [0.29, 0.717) is 29.0 Å². The van der Waals surface area contributed by atoms with Crippen LogP contribution in [0.15, 0.2) is 53.5 Å². The van der Waals surface area contributed by atoms with Crippen molar-refractivity contribution in [1.82, 2.24) is 24.9 Å². The molecule has 4 aliphatic heterocycles. The lowest BCUT2D eigenvalue weighted by atomic mass is 9.71. The molecule has 4 saturated heterocycles. The molecular formula is C38H47ClFN7O3. The molecule has 2 N–H and O–H groups in total. The summed E-state index contributed by atoms with van der Waals surface area (Å²) in [5.41, 5.74) is 4.53. The Hall–Kier alpha value is -3.80. The molecule has 0 saturated carbocycles. The van der Waals surface area contributed by atoms with Crippen molar-refractivity contribution in [1.29, 1.82) is 0 Å². The van der Waals surface area contributed by atoms with Gasteiger partial charge in [0.15, 0.2) is 0 Å². The highest BCUT2D eigenvalue weighted by Gasteiger charge is 2.38. The average Bonchev–Trinajstić information content (AvgIpc) is 3.10. The molecular weight excluding hydrogens is 657 g/mol. The topological polar surface area (TPSA) is 103 Å². The first-order valence-electron chi connectivity index (χ1n) is 17.9. The number of carbonyl (C=O) groups excluding carboxylic acids is 2. The number of aromatic nitrogens is 2. The van der Waals surface area contributed by atoms with E-state index in [9.17, 15) is 14.4 Å². The first-order valence-corrected chi connectivity index (χ1v) is 18.3. The molecule has 10 nitrogen and oxygen atoms in total. The standard InChI is InChI=1S/C38H47ClFN7O3/c1-44-23-27(19-28(24-44)42-33-21-41-45(2)37(50)35(33)39)26-5-3-25(4-6-26)22-46-15-11-38(12-16-46)13-17-47(18-14-38)29-7-8-30(32(40)20-29)31-9-10-34(48)43-36(31)49/h3-8,20-21,27-28,31,42H,9-19,22-24H2,1-2H3,(H,43,48,49)/t27-,28+,31?/m0/s1. The molecule has 1 spiro atoms. The zero-order valence-electron chi connectivity index (χ0n) is 29.0. The Morgan fingerprint density at radius 3 is 2.40 bits per heavy atom. The number of carbonyl (C=O) groups is 2. The van der Waals surface area contributed by atoms with Gasteiger partial charge in [0, 0.05) is 63.5 Å². The van der Waals surface area contributed by atoms with Gasteiger partial charge in [-0.2, -0.15) is 5.10 Å². The van der Waals surface area contributed by atoms with Crippen LogP contribution in [0.25, 0.3) is 0 Å². The summed E-state index contributed by atoms with van der Waals surface area (Å²) in [6.07, 6.45) is 7.72. The smallest absolute Gasteiger partial charge is 0.287 e. The fraction of sp³-hybridized carbons (Fsp3) is 0.526. The average molecular weight is 704 g/mol. The van der Waals surface area contributed by atoms with Gasteiger partial charge in [0.1, 0.15) is 10.8 Å². The van der Waals surface area contributed by atoms with Crippen molar-refractivity contribution >= 4 is 34.8 Å². The first kappa shape index (κ1) is 34.6. The second-order valence-electron chi connectivity index (χ2n) is 15.0. The van der Waals surface area contributed by atoms with E-state index >= 15 is 4.39 Å². The van der Waals surface area contributed by atoms with Crippen molar-refractivity contribution in [3.8, 4) is 0 Å². The molecule has 2 amide bonds. The van der Waals surface area contributed by atoms with E-state index in [2.05, 4.69) is 61.7 Å². The molecule has 5 heterocycles. The molecule has 12 heteroatoms. The van der Waals surface area contributed by atoms with Gasteiger partial charge in [-0.05, 0) is 93.3 Å². The van der Waals surface area contributed by atoms with Crippen LogP contribution in [-0.4, -0.2) is 83.8 Å². The quantitative estimate of drug-likeness (QED) is 0.336. The predicted molar refractivity (Wildman–Crippen MR) is 193 cm³/mol. The minimum absolute atomic E-state index is 0.157. The van der Waals surface area contributed by atoms with Gasteiger partial charge in [-0.25, -0.2) is 9.07 Å². The Kier molecular flexibility index (Phi) is 10.0. The summed E-state index contributed by atoms with van der Waals surface area (Å²) in [5.74, 6) is -1.30. The lowest BCUT2D eigenvalue weighted by Gasteiger charge is -2.47. The summed E-state index contributed by atoms with van der Waals surface area (Å²) < 4.78 is 16.4. The number of anilines is 2. The highest BCUT2D eigenvalue weighted by Crippen LogP contribution is 2.43. The van der Waals surface area contributed by atoms with Gasteiger partial charge in [0.25, 0.3) is 5.56 Å². The largest absolute Gasteiger partial charge is 0.378 e. The van der Waals surface area contributed by atoms with Crippen LogP contribution in [-0.2, 0) is 23.2 Å². The summed E-state index contributed by atoms with van der Waals surface area (Å²) in [4.78, 5) is 43.2. The Morgan fingerprint density at radius 1 is 0.980 bits per heavy atom. The molecule has 3 atom stereocenters. The minimum Gasteiger partial charge on any atom is -0.378 e. The fourth-order valence-electron chi connectivity index (χ4n) is 8.56. The number of nitrogens with one attached hydrogen (secondary N) is 2. The third kappa shape index (κ3) is 7.45. The maximum absolute atomic E-state index is 15.2. The molecule has 1 aromatic heterocycles. The Bertz CT molecular complexity index is 1780. The van der Waals surface area contributed by atoms with Gasteiger partial charge in [-0.15, -0.1) is 0 Å². The van der Waals surface area contributed by atoms with Crippen LogP contribution < -0.4 is 21.1 Å². The monoisotopic (exact) mass is 703 g/mol. The molecule has 50 heavy (non-hydrogen) atoms. The summed E-state index contributed by atoms with van der Waals surface area (Å²) in [6.45, 7) is 6.76. The predicted octanol–water partition coefficient (Wildman–Crippen LogP) is 4.88. The summed E-state index contributed by atoms with van der Waals surface area (Å²) >= 11 is 6.33. The number of likely N-dealkylation sites (tertiary alicyclic amines) is 2. The molecule has 1 unspecified atom stereocenters. The number of piperidine rings is 4. The van der Waals surface area contributed by atoms with Crippen LogP contribution in [0.1, 0.15) is 73.5 Å². The fourth-order valence-corrected chi connectivity index (χ4v) is 8.79.